The van der Waals surface area contributed by atoms with Gasteiger partial charge in [0.25, 0.3) is 0 Å². The van der Waals surface area contributed by atoms with Crippen LogP contribution in [0, 0.1) is 5.92 Å². The van der Waals surface area contributed by atoms with Crippen LogP contribution in [0.5, 0.6) is 0 Å². The monoisotopic (exact) mass is 346 g/mol. The first-order chi connectivity index (χ1) is 12.1. The Kier molecular flexibility index (Phi) is 8.06. The normalized spacial score (nSPS) is 18.0. The van der Waals surface area contributed by atoms with Crippen LogP contribution < -0.4 is 15.5 Å². The van der Waals surface area contributed by atoms with Gasteiger partial charge in [-0.3, -0.25) is 0 Å². The molecule has 1 aromatic carbocycles. The van der Waals surface area contributed by atoms with E-state index in [-0.39, 0.29) is 6.03 Å². The highest BCUT2D eigenvalue weighted by Gasteiger charge is 2.15. The Bertz CT molecular complexity index is 534. The molecule has 0 aromatic heterocycles. The fourth-order valence-electron chi connectivity index (χ4n) is 3.33. The lowest BCUT2D eigenvalue weighted by molar-refractivity contribution is 0.181. The molecular weight excluding hydrogens is 312 g/mol. The molecule has 0 saturated carbocycles. The van der Waals surface area contributed by atoms with E-state index in [0.717, 1.165) is 49.8 Å². The molecule has 0 aliphatic carbocycles. The Labute approximate surface area is 152 Å². The maximum absolute atomic E-state index is 12.0. The smallest absolute Gasteiger partial charge is 0.319 e. The molecule has 1 aliphatic heterocycles. The highest BCUT2D eigenvalue weighted by atomic mass is 16.2. The van der Waals surface area contributed by atoms with E-state index in [1.165, 1.54) is 25.9 Å². The minimum atomic E-state index is -0.122. The van der Waals surface area contributed by atoms with E-state index >= 15 is 0 Å². The molecular formula is C20H34N4O. The van der Waals surface area contributed by atoms with Crippen molar-refractivity contribution < 1.29 is 4.79 Å². The lowest BCUT2D eigenvalue weighted by atomic mass is 10.0. The molecule has 2 amide bonds. The van der Waals surface area contributed by atoms with Crippen molar-refractivity contribution in [1.29, 1.82) is 0 Å². The average molecular weight is 347 g/mol. The number of hydrogen-bond donors (Lipinski definition) is 2. The molecule has 0 radical (unpaired) electrons. The first-order valence-corrected chi connectivity index (χ1v) is 9.67. The molecule has 0 bridgehead atoms. The predicted octanol–water partition coefficient (Wildman–Crippen LogP) is 3.78. The number of anilines is 2. The Morgan fingerprint density at radius 3 is 2.96 bits per heavy atom. The summed E-state index contributed by atoms with van der Waals surface area (Å²) in [6, 6.07) is 7.82. The SMILES string of the molecule is CCN(C)c1cccc(NC(=O)NCCCCN2CCCC(C)C2)c1. The summed E-state index contributed by atoms with van der Waals surface area (Å²) in [6.07, 6.45) is 4.86. The Hall–Kier alpha value is -1.75. The molecule has 140 valence electrons. The number of carbonyl (C=O) groups excluding carboxylic acids is 1. The highest BCUT2D eigenvalue weighted by molar-refractivity contribution is 5.89. The van der Waals surface area contributed by atoms with Crippen LogP contribution in [-0.4, -0.2) is 50.7 Å². The molecule has 1 atom stereocenters. The summed E-state index contributed by atoms with van der Waals surface area (Å²) in [7, 11) is 2.04. The van der Waals surface area contributed by atoms with Gasteiger partial charge >= 0.3 is 6.03 Å². The van der Waals surface area contributed by atoms with E-state index < -0.39 is 0 Å². The van der Waals surface area contributed by atoms with Gasteiger partial charge < -0.3 is 20.4 Å². The molecule has 1 aromatic rings. The zero-order chi connectivity index (χ0) is 18.1. The summed E-state index contributed by atoms with van der Waals surface area (Å²) >= 11 is 0. The molecule has 1 fully saturated rings. The van der Waals surface area contributed by atoms with Gasteiger partial charge in [-0.1, -0.05) is 13.0 Å². The molecule has 1 heterocycles. The van der Waals surface area contributed by atoms with Crippen molar-refractivity contribution in [3.05, 3.63) is 24.3 Å². The summed E-state index contributed by atoms with van der Waals surface area (Å²) in [5, 5.41) is 5.88. The minimum absolute atomic E-state index is 0.122. The van der Waals surface area contributed by atoms with Gasteiger partial charge in [0, 0.05) is 38.1 Å². The number of likely N-dealkylation sites (tertiary alicyclic amines) is 1. The van der Waals surface area contributed by atoms with Crippen molar-refractivity contribution in [2.45, 2.75) is 39.5 Å². The van der Waals surface area contributed by atoms with Gasteiger partial charge in [0.2, 0.25) is 0 Å². The molecule has 1 unspecified atom stereocenters. The van der Waals surface area contributed by atoms with Crippen LogP contribution in [0.1, 0.15) is 39.5 Å². The maximum Gasteiger partial charge on any atom is 0.319 e. The second-order valence-electron chi connectivity index (χ2n) is 7.20. The number of carbonyl (C=O) groups is 1. The van der Waals surface area contributed by atoms with Gasteiger partial charge in [-0.25, -0.2) is 4.79 Å². The van der Waals surface area contributed by atoms with Gasteiger partial charge in [-0.15, -0.1) is 0 Å². The van der Waals surface area contributed by atoms with Gasteiger partial charge in [-0.2, -0.15) is 0 Å². The molecule has 1 saturated heterocycles. The standard InChI is InChI=1S/C20H34N4O/c1-4-23(3)19-11-7-10-18(15-19)22-20(25)21-12-5-6-13-24-14-8-9-17(2)16-24/h7,10-11,15,17H,4-6,8-9,12-14,16H2,1-3H3,(H2,21,22,25). The van der Waals surface area contributed by atoms with Crippen LogP contribution in [0.4, 0.5) is 16.2 Å². The van der Waals surface area contributed by atoms with Crippen LogP contribution in [0.25, 0.3) is 0 Å². The number of urea groups is 1. The summed E-state index contributed by atoms with van der Waals surface area (Å²) in [4.78, 5) is 16.7. The molecule has 2 N–H and O–H groups in total. The summed E-state index contributed by atoms with van der Waals surface area (Å²) in [5.74, 6) is 0.833. The third kappa shape index (κ3) is 6.94. The largest absolute Gasteiger partial charge is 0.375 e. The Morgan fingerprint density at radius 2 is 2.20 bits per heavy atom. The first-order valence-electron chi connectivity index (χ1n) is 9.67. The summed E-state index contributed by atoms with van der Waals surface area (Å²) in [6.45, 7) is 9.73. The lowest BCUT2D eigenvalue weighted by Gasteiger charge is -2.30. The van der Waals surface area contributed by atoms with Gasteiger partial charge in [0.1, 0.15) is 0 Å². The van der Waals surface area contributed by atoms with Gasteiger partial charge in [0.05, 0.1) is 0 Å². The quantitative estimate of drug-likeness (QED) is 0.704. The van der Waals surface area contributed by atoms with Crippen molar-refractivity contribution in [2.24, 2.45) is 5.92 Å². The van der Waals surface area contributed by atoms with E-state index in [2.05, 4.69) is 34.3 Å². The Balaban J connectivity index is 1.62. The molecule has 5 nitrogen and oxygen atoms in total. The van der Waals surface area contributed by atoms with E-state index in [1.807, 2.05) is 31.3 Å². The number of rotatable bonds is 8. The van der Waals surface area contributed by atoms with Crippen LogP contribution >= 0.6 is 0 Å². The van der Waals surface area contributed by atoms with E-state index in [4.69, 9.17) is 0 Å². The summed E-state index contributed by atoms with van der Waals surface area (Å²) in [5.41, 5.74) is 1.94. The number of nitrogens with zero attached hydrogens (tertiary/aromatic N) is 2. The average Bonchev–Trinajstić information content (AvgIpc) is 2.61. The number of benzene rings is 1. The van der Waals surface area contributed by atoms with Crippen molar-refractivity contribution in [3.8, 4) is 0 Å². The lowest BCUT2D eigenvalue weighted by Crippen LogP contribution is -2.35. The Morgan fingerprint density at radius 1 is 1.36 bits per heavy atom. The molecule has 0 spiro atoms. The van der Waals surface area contributed by atoms with Crippen LogP contribution in [-0.2, 0) is 0 Å². The number of piperidine rings is 1. The number of amides is 2. The molecule has 25 heavy (non-hydrogen) atoms. The van der Waals surface area contributed by atoms with Crippen LogP contribution in [0.2, 0.25) is 0 Å². The third-order valence-corrected chi connectivity index (χ3v) is 4.95. The number of unbranched alkanes of at least 4 members (excludes halogenated alkanes) is 1. The van der Waals surface area contributed by atoms with Crippen molar-refractivity contribution in [1.82, 2.24) is 10.2 Å². The van der Waals surface area contributed by atoms with E-state index in [0.29, 0.717) is 0 Å². The zero-order valence-electron chi connectivity index (χ0n) is 16.1. The second kappa shape index (κ2) is 10.3. The van der Waals surface area contributed by atoms with E-state index in [1.54, 1.807) is 0 Å². The van der Waals surface area contributed by atoms with Crippen molar-refractivity contribution >= 4 is 17.4 Å². The van der Waals surface area contributed by atoms with Crippen LogP contribution in [0.15, 0.2) is 24.3 Å². The fraction of sp³-hybridized carbons (Fsp3) is 0.650. The number of hydrogen-bond acceptors (Lipinski definition) is 3. The maximum atomic E-state index is 12.0. The third-order valence-electron chi connectivity index (χ3n) is 4.95. The number of nitrogens with one attached hydrogen (secondary N) is 2. The predicted molar refractivity (Wildman–Crippen MR) is 106 cm³/mol. The first kappa shape index (κ1) is 19.6. The fourth-order valence-corrected chi connectivity index (χ4v) is 3.33. The molecule has 2 rings (SSSR count). The van der Waals surface area contributed by atoms with Gasteiger partial charge in [-0.05, 0) is 69.8 Å². The topological polar surface area (TPSA) is 47.6 Å². The van der Waals surface area contributed by atoms with Crippen molar-refractivity contribution in [2.75, 3.05) is 50.0 Å². The van der Waals surface area contributed by atoms with Crippen LogP contribution in [0.3, 0.4) is 0 Å². The molecule has 5 heteroatoms. The second-order valence-corrected chi connectivity index (χ2v) is 7.20. The zero-order valence-corrected chi connectivity index (χ0v) is 16.1. The highest BCUT2D eigenvalue weighted by Crippen LogP contribution is 2.18. The van der Waals surface area contributed by atoms with Crippen molar-refractivity contribution in [3.63, 3.8) is 0 Å². The molecule has 1 aliphatic rings. The minimum Gasteiger partial charge on any atom is -0.375 e. The van der Waals surface area contributed by atoms with Gasteiger partial charge in [0.15, 0.2) is 0 Å². The summed E-state index contributed by atoms with van der Waals surface area (Å²) < 4.78 is 0. The van der Waals surface area contributed by atoms with E-state index in [9.17, 15) is 4.79 Å².